The molecule has 0 aliphatic carbocycles. The molecule has 4 nitrogen and oxygen atoms in total. The Labute approximate surface area is 102 Å². The molecule has 2 heterocycles. The number of hydrogen-bond acceptors (Lipinski definition) is 6. The lowest BCUT2D eigenvalue weighted by atomic mass is 10.1. The van der Waals surface area contributed by atoms with Crippen molar-refractivity contribution in [3.05, 3.63) is 29.3 Å². The van der Waals surface area contributed by atoms with E-state index in [0.717, 1.165) is 32.6 Å². The molecule has 0 radical (unpaired) electrons. The molecule has 2 aromatic rings. The number of pyridine rings is 1. The predicted molar refractivity (Wildman–Crippen MR) is 67.6 cm³/mol. The Kier molecular flexibility index (Phi) is 3.40. The average Bonchev–Trinajstić information content (AvgIpc) is 2.78. The fraction of sp³-hybridized carbons (Fsp3) is 0.300. The Morgan fingerprint density at radius 1 is 1.38 bits per heavy atom. The predicted octanol–water partition coefficient (Wildman–Crippen LogP) is 2.42. The van der Waals surface area contributed by atoms with Gasteiger partial charge in [0.1, 0.15) is 6.33 Å². The van der Waals surface area contributed by atoms with Crippen LogP contribution in [0, 0.1) is 13.8 Å². The van der Waals surface area contributed by atoms with Crippen LogP contribution in [0.25, 0.3) is 0 Å². The summed E-state index contributed by atoms with van der Waals surface area (Å²) in [7, 11) is 0. The van der Waals surface area contributed by atoms with Crippen LogP contribution in [-0.2, 0) is 5.75 Å². The molecule has 2 aromatic heterocycles. The van der Waals surface area contributed by atoms with Gasteiger partial charge < -0.3 is 5.73 Å². The third-order valence-corrected chi connectivity index (χ3v) is 4.16. The van der Waals surface area contributed by atoms with Crippen LogP contribution >= 0.6 is 23.3 Å². The van der Waals surface area contributed by atoms with E-state index in [4.69, 9.17) is 5.73 Å². The van der Waals surface area contributed by atoms with Gasteiger partial charge in [-0.25, -0.2) is 4.98 Å². The van der Waals surface area contributed by atoms with Gasteiger partial charge in [0.2, 0.25) is 0 Å². The number of aryl methyl sites for hydroxylation is 1. The fourth-order valence-electron chi connectivity index (χ4n) is 1.29. The highest BCUT2D eigenvalue weighted by Gasteiger charge is 2.07. The molecule has 0 unspecified atom stereocenters. The number of aromatic nitrogens is 3. The molecule has 0 saturated carbocycles. The van der Waals surface area contributed by atoms with Crippen molar-refractivity contribution in [1.29, 1.82) is 0 Å². The maximum Gasteiger partial charge on any atom is 0.170 e. The Bertz CT molecular complexity index is 482. The number of thioether (sulfide) groups is 1. The first-order chi connectivity index (χ1) is 7.68. The number of anilines is 1. The van der Waals surface area contributed by atoms with Gasteiger partial charge in [-0.15, -0.1) is 0 Å². The van der Waals surface area contributed by atoms with E-state index in [-0.39, 0.29) is 0 Å². The molecular formula is C10H12N4S2. The quantitative estimate of drug-likeness (QED) is 0.850. The Balaban J connectivity index is 2.13. The zero-order valence-electron chi connectivity index (χ0n) is 9.10. The summed E-state index contributed by atoms with van der Waals surface area (Å²) in [5.41, 5.74) is 9.91. The van der Waals surface area contributed by atoms with Gasteiger partial charge >= 0.3 is 0 Å². The third kappa shape index (κ3) is 2.33. The summed E-state index contributed by atoms with van der Waals surface area (Å²) < 4.78 is 4.91. The monoisotopic (exact) mass is 252 g/mol. The molecule has 0 bridgehead atoms. The average molecular weight is 252 g/mol. The van der Waals surface area contributed by atoms with Gasteiger partial charge in [-0.05, 0) is 36.5 Å². The molecule has 84 valence electrons. The van der Waals surface area contributed by atoms with Crippen LogP contribution in [0.15, 0.2) is 16.9 Å². The maximum absolute atomic E-state index is 5.96. The van der Waals surface area contributed by atoms with Crippen LogP contribution in [0.5, 0.6) is 0 Å². The minimum atomic E-state index is 0.783. The summed E-state index contributed by atoms with van der Waals surface area (Å²) in [6.07, 6.45) is 3.38. The van der Waals surface area contributed by atoms with Gasteiger partial charge in [-0.2, -0.15) is 4.37 Å². The minimum absolute atomic E-state index is 0.783. The number of nitrogens with two attached hydrogens (primary N) is 1. The number of rotatable bonds is 3. The highest BCUT2D eigenvalue weighted by atomic mass is 32.2. The lowest BCUT2D eigenvalue weighted by molar-refractivity contribution is 1.11. The largest absolute Gasteiger partial charge is 0.398 e. The van der Waals surface area contributed by atoms with Crippen LogP contribution in [-0.4, -0.2) is 14.3 Å². The summed E-state index contributed by atoms with van der Waals surface area (Å²) in [4.78, 5) is 8.51. The zero-order chi connectivity index (χ0) is 11.5. The normalized spacial score (nSPS) is 10.6. The van der Waals surface area contributed by atoms with E-state index < -0.39 is 0 Å². The second-order valence-corrected chi connectivity index (χ2v) is 5.42. The molecule has 0 spiro atoms. The van der Waals surface area contributed by atoms with Gasteiger partial charge in [0, 0.05) is 17.6 Å². The van der Waals surface area contributed by atoms with Crippen LogP contribution < -0.4 is 5.73 Å². The lowest BCUT2D eigenvalue weighted by Gasteiger charge is -2.08. The van der Waals surface area contributed by atoms with E-state index in [1.165, 1.54) is 11.5 Å². The number of nitrogens with zero attached hydrogens (tertiary/aromatic N) is 3. The smallest absolute Gasteiger partial charge is 0.170 e. The van der Waals surface area contributed by atoms with Crippen molar-refractivity contribution >= 4 is 29.0 Å². The second-order valence-electron chi connectivity index (χ2n) is 3.42. The van der Waals surface area contributed by atoms with Gasteiger partial charge in [0.25, 0.3) is 0 Å². The van der Waals surface area contributed by atoms with Crippen molar-refractivity contribution in [3.63, 3.8) is 0 Å². The highest BCUT2D eigenvalue weighted by molar-refractivity contribution is 8.00. The van der Waals surface area contributed by atoms with E-state index in [9.17, 15) is 0 Å². The summed E-state index contributed by atoms with van der Waals surface area (Å²) in [5, 5.41) is 0. The van der Waals surface area contributed by atoms with E-state index in [2.05, 4.69) is 14.3 Å². The van der Waals surface area contributed by atoms with Crippen molar-refractivity contribution in [2.45, 2.75) is 23.9 Å². The van der Waals surface area contributed by atoms with Crippen LogP contribution in [0.2, 0.25) is 0 Å². The zero-order valence-corrected chi connectivity index (χ0v) is 10.7. The van der Waals surface area contributed by atoms with Crippen LogP contribution in [0.1, 0.15) is 16.8 Å². The first kappa shape index (κ1) is 11.3. The highest BCUT2D eigenvalue weighted by Crippen LogP contribution is 2.26. The molecule has 2 rings (SSSR count). The first-order valence-corrected chi connectivity index (χ1v) is 6.54. The summed E-state index contributed by atoms with van der Waals surface area (Å²) in [6, 6.07) is 0. The molecular weight excluding hydrogens is 240 g/mol. The lowest BCUT2D eigenvalue weighted by Crippen LogP contribution is -2.00. The molecule has 0 amide bonds. The summed E-state index contributed by atoms with van der Waals surface area (Å²) in [6.45, 7) is 3.97. The van der Waals surface area contributed by atoms with Crippen molar-refractivity contribution in [2.24, 2.45) is 0 Å². The minimum Gasteiger partial charge on any atom is -0.398 e. The van der Waals surface area contributed by atoms with E-state index in [1.54, 1.807) is 18.1 Å². The van der Waals surface area contributed by atoms with Gasteiger partial charge in [0.05, 0.1) is 5.69 Å². The van der Waals surface area contributed by atoms with Gasteiger partial charge in [-0.3, -0.25) is 4.98 Å². The topological polar surface area (TPSA) is 64.7 Å². The van der Waals surface area contributed by atoms with Gasteiger partial charge in [-0.1, -0.05) is 11.8 Å². The van der Waals surface area contributed by atoms with E-state index in [1.807, 2.05) is 20.0 Å². The molecule has 0 aliphatic heterocycles. The van der Waals surface area contributed by atoms with Crippen LogP contribution in [0.3, 0.4) is 0 Å². The molecule has 2 N–H and O–H groups in total. The Morgan fingerprint density at radius 3 is 2.88 bits per heavy atom. The van der Waals surface area contributed by atoms with Crippen molar-refractivity contribution < 1.29 is 0 Å². The first-order valence-electron chi connectivity index (χ1n) is 4.78. The molecule has 6 heteroatoms. The number of nitrogen functional groups attached to an aromatic ring is 1. The summed E-state index contributed by atoms with van der Waals surface area (Å²) in [5.74, 6) is 0.783. The molecule has 0 atom stereocenters. The van der Waals surface area contributed by atoms with Crippen molar-refractivity contribution in [2.75, 3.05) is 5.73 Å². The molecule has 0 saturated heterocycles. The van der Waals surface area contributed by atoms with Gasteiger partial charge in [0.15, 0.2) is 4.34 Å². The van der Waals surface area contributed by atoms with Crippen molar-refractivity contribution in [3.8, 4) is 0 Å². The molecule has 0 aromatic carbocycles. The molecule has 0 aliphatic rings. The van der Waals surface area contributed by atoms with Crippen molar-refractivity contribution in [1.82, 2.24) is 14.3 Å². The standard InChI is InChI=1S/C10H12N4S2/c1-6-3-12-8(7(2)9(6)11)4-15-10-13-5-14-16-10/h3,5H,4H2,1-2H3,(H2,11,12). The van der Waals surface area contributed by atoms with E-state index >= 15 is 0 Å². The third-order valence-electron chi connectivity index (χ3n) is 2.35. The summed E-state index contributed by atoms with van der Waals surface area (Å²) >= 11 is 3.03. The maximum atomic E-state index is 5.96. The fourth-order valence-corrected chi connectivity index (χ4v) is 2.76. The number of hydrogen-bond donors (Lipinski definition) is 1. The second kappa shape index (κ2) is 4.80. The molecule has 16 heavy (non-hydrogen) atoms. The Morgan fingerprint density at radius 2 is 2.19 bits per heavy atom. The Hall–Kier alpha value is -1.14. The molecule has 0 fully saturated rings. The van der Waals surface area contributed by atoms with Crippen LogP contribution in [0.4, 0.5) is 5.69 Å². The SMILES string of the molecule is Cc1cnc(CSc2ncns2)c(C)c1N. The van der Waals surface area contributed by atoms with E-state index in [0.29, 0.717) is 0 Å².